The molecule has 3 rings (SSSR count). The van der Waals surface area contributed by atoms with Crippen molar-refractivity contribution in [2.24, 2.45) is 14.1 Å². The Balaban J connectivity index is 1.88. The molecular formula is C14H19F3N6. The number of imidazole rings is 1. The Kier molecular flexibility index (Phi) is 4.15. The summed E-state index contributed by atoms with van der Waals surface area (Å²) >= 11 is 0. The van der Waals surface area contributed by atoms with Crippen molar-refractivity contribution in [1.82, 2.24) is 29.5 Å². The molecule has 0 aromatic carbocycles. The van der Waals surface area contributed by atoms with Crippen LogP contribution < -0.4 is 5.32 Å². The van der Waals surface area contributed by atoms with E-state index in [-0.39, 0.29) is 18.2 Å². The number of nitrogens with zero attached hydrogens (tertiary/aromatic N) is 5. The van der Waals surface area contributed by atoms with Crippen molar-refractivity contribution in [1.29, 1.82) is 0 Å². The Morgan fingerprint density at radius 2 is 2.13 bits per heavy atom. The minimum absolute atomic E-state index is 0.0648. The Morgan fingerprint density at radius 3 is 2.78 bits per heavy atom. The van der Waals surface area contributed by atoms with Crippen molar-refractivity contribution < 1.29 is 13.2 Å². The highest BCUT2D eigenvalue weighted by Gasteiger charge is 2.38. The number of aromatic nitrogens is 4. The van der Waals surface area contributed by atoms with Crippen molar-refractivity contribution in [2.45, 2.75) is 18.8 Å². The van der Waals surface area contributed by atoms with Crippen molar-refractivity contribution in [2.75, 3.05) is 19.6 Å². The van der Waals surface area contributed by atoms with Crippen molar-refractivity contribution >= 4 is 0 Å². The second-order valence-electron chi connectivity index (χ2n) is 5.73. The molecule has 9 heteroatoms. The van der Waals surface area contributed by atoms with E-state index in [1.807, 2.05) is 22.7 Å². The van der Waals surface area contributed by atoms with Crippen molar-refractivity contribution in [3.05, 3.63) is 35.7 Å². The van der Waals surface area contributed by atoms with Gasteiger partial charge in [-0.25, -0.2) is 4.98 Å². The maximum Gasteiger partial charge on any atom is 0.433 e. The summed E-state index contributed by atoms with van der Waals surface area (Å²) in [5, 5.41) is 7.07. The molecule has 1 fully saturated rings. The number of piperazine rings is 1. The van der Waals surface area contributed by atoms with E-state index in [0.717, 1.165) is 17.1 Å². The molecule has 0 saturated carbocycles. The van der Waals surface area contributed by atoms with Gasteiger partial charge in [0.25, 0.3) is 0 Å². The second kappa shape index (κ2) is 5.97. The van der Waals surface area contributed by atoms with Gasteiger partial charge >= 0.3 is 6.18 Å². The number of nitrogens with one attached hydrogen (secondary N) is 1. The van der Waals surface area contributed by atoms with Gasteiger partial charge in [0, 0.05) is 58.2 Å². The number of hydrogen-bond donors (Lipinski definition) is 1. The standard InChI is InChI=1S/C14H19F3N6/c1-21-5-4-19-13(21)11-8-18-3-6-23(11)9-10-7-20-22(2)12(10)14(15,16)17/h4-5,7,11,18H,3,6,8-9H2,1-2H3. The fourth-order valence-electron chi connectivity index (χ4n) is 3.07. The van der Waals surface area contributed by atoms with E-state index in [2.05, 4.69) is 15.4 Å². The SMILES string of the molecule is Cn1ccnc1C1CNCCN1Cc1cnn(C)c1C(F)(F)F. The molecule has 0 radical (unpaired) electrons. The molecule has 0 bridgehead atoms. The Bertz CT molecular complexity index is 674. The zero-order valence-electron chi connectivity index (χ0n) is 13.0. The fraction of sp³-hybridized carbons (Fsp3) is 0.571. The van der Waals surface area contributed by atoms with Gasteiger partial charge in [-0.2, -0.15) is 18.3 Å². The lowest BCUT2D eigenvalue weighted by Gasteiger charge is -2.35. The summed E-state index contributed by atoms with van der Waals surface area (Å²) in [6, 6.07) is -0.0648. The summed E-state index contributed by atoms with van der Waals surface area (Å²) in [6.07, 6.45) is 0.439. The highest BCUT2D eigenvalue weighted by atomic mass is 19.4. The van der Waals surface area contributed by atoms with Gasteiger partial charge in [0.1, 0.15) is 11.5 Å². The predicted octanol–water partition coefficient (Wildman–Crippen LogP) is 1.32. The van der Waals surface area contributed by atoms with Crippen LogP contribution in [0.2, 0.25) is 0 Å². The third-order valence-electron chi connectivity index (χ3n) is 4.17. The van der Waals surface area contributed by atoms with E-state index >= 15 is 0 Å². The van der Waals surface area contributed by atoms with Gasteiger partial charge in [-0.15, -0.1) is 0 Å². The van der Waals surface area contributed by atoms with Crippen molar-refractivity contribution in [3.8, 4) is 0 Å². The minimum atomic E-state index is -4.41. The van der Waals surface area contributed by atoms with Gasteiger partial charge < -0.3 is 9.88 Å². The number of hydrogen-bond acceptors (Lipinski definition) is 4. The Labute approximate surface area is 131 Å². The summed E-state index contributed by atoms with van der Waals surface area (Å²) in [6.45, 7) is 2.25. The Morgan fingerprint density at radius 1 is 1.35 bits per heavy atom. The molecule has 1 unspecified atom stereocenters. The molecule has 1 saturated heterocycles. The molecule has 1 N–H and O–H groups in total. The Hall–Kier alpha value is -1.87. The first-order valence-corrected chi connectivity index (χ1v) is 7.38. The monoisotopic (exact) mass is 328 g/mol. The average Bonchev–Trinajstić information content (AvgIpc) is 3.05. The second-order valence-corrected chi connectivity index (χ2v) is 5.73. The van der Waals surface area contributed by atoms with E-state index in [0.29, 0.717) is 13.1 Å². The van der Waals surface area contributed by atoms with Gasteiger partial charge in [0.05, 0.1) is 12.2 Å². The topological polar surface area (TPSA) is 50.9 Å². The minimum Gasteiger partial charge on any atom is -0.337 e. The molecule has 2 aromatic heterocycles. The molecule has 3 heterocycles. The van der Waals surface area contributed by atoms with Crippen LogP contribution in [0.25, 0.3) is 0 Å². The smallest absolute Gasteiger partial charge is 0.337 e. The maximum absolute atomic E-state index is 13.2. The highest BCUT2D eigenvalue weighted by molar-refractivity contribution is 5.21. The molecule has 126 valence electrons. The lowest BCUT2D eigenvalue weighted by atomic mass is 10.1. The average molecular weight is 328 g/mol. The molecule has 1 aliphatic heterocycles. The van der Waals surface area contributed by atoms with Gasteiger partial charge in [0.15, 0.2) is 0 Å². The van der Waals surface area contributed by atoms with E-state index < -0.39 is 11.9 Å². The van der Waals surface area contributed by atoms with E-state index in [1.54, 1.807) is 6.20 Å². The van der Waals surface area contributed by atoms with Crippen LogP contribution in [0.15, 0.2) is 18.6 Å². The van der Waals surface area contributed by atoms with Crippen LogP contribution in [0.4, 0.5) is 13.2 Å². The normalized spacial score (nSPS) is 20.1. The molecule has 0 spiro atoms. The van der Waals surface area contributed by atoms with E-state index in [1.165, 1.54) is 13.2 Å². The zero-order chi connectivity index (χ0) is 16.6. The first-order valence-electron chi connectivity index (χ1n) is 7.38. The molecule has 2 aromatic rings. The summed E-state index contributed by atoms with van der Waals surface area (Å²) < 4.78 is 42.5. The first kappa shape index (κ1) is 16.0. The quantitative estimate of drug-likeness (QED) is 0.923. The lowest BCUT2D eigenvalue weighted by Crippen LogP contribution is -2.46. The summed E-state index contributed by atoms with van der Waals surface area (Å²) in [5.74, 6) is 0.842. The van der Waals surface area contributed by atoms with Crippen LogP contribution >= 0.6 is 0 Å². The van der Waals surface area contributed by atoms with E-state index in [4.69, 9.17) is 0 Å². The van der Waals surface area contributed by atoms with Gasteiger partial charge in [-0.1, -0.05) is 0 Å². The fourth-order valence-corrected chi connectivity index (χ4v) is 3.07. The maximum atomic E-state index is 13.2. The van der Waals surface area contributed by atoms with Crippen LogP contribution in [0.3, 0.4) is 0 Å². The molecule has 1 aliphatic rings. The van der Waals surface area contributed by atoms with Crippen LogP contribution in [0.1, 0.15) is 23.1 Å². The largest absolute Gasteiger partial charge is 0.433 e. The number of halogens is 3. The third kappa shape index (κ3) is 3.11. The van der Waals surface area contributed by atoms with Crippen LogP contribution in [0, 0.1) is 0 Å². The predicted molar refractivity (Wildman–Crippen MR) is 77.4 cm³/mol. The number of aryl methyl sites for hydroxylation is 2. The van der Waals surface area contributed by atoms with Crippen LogP contribution in [-0.2, 0) is 26.8 Å². The van der Waals surface area contributed by atoms with Crippen LogP contribution in [0.5, 0.6) is 0 Å². The van der Waals surface area contributed by atoms with Gasteiger partial charge in [0.2, 0.25) is 0 Å². The summed E-state index contributed by atoms with van der Waals surface area (Å²) in [5.41, 5.74) is -0.490. The lowest BCUT2D eigenvalue weighted by molar-refractivity contribution is -0.144. The first-order chi connectivity index (χ1) is 10.9. The van der Waals surface area contributed by atoms with Gasteiger partial charge in [-0.3, -0.25) is 9.58 Å². The highest BCUT2D eigenvalue weighted by Crippen LogP contribution is 2.33. The zero-order valence-corrected chi connectivity index (χ0v) is 13.0. The molecule has 23 heavy (non-hydrogen) atoms. The van der Waals surface area contributed by atoms with Crippen molar-refractivity contribution in [3.63, 3.8) is 0 Å². The molecule has 0 aliphatic carbocycles. The number of rotatable bonds is 3. The summed E-state index contributed by atoms with van der Waals surface area (Å²) in [7, 11) is 3.21. The van der Waals surface area contributed by atoms with E-state index in [9.17, 15) is 13.2 Å². The molecule has 1 atom stereocenters. The molecular weight excluding hydrogens is 309 g/mol. The molecule has 6 nitrogen and oxygen atoms in total. The van der Waals surface area contributed by atoms with Crippen LogP contribution in [-0.4, -0.2) is 43.9 Å². The third-order valence-corrected chi connectivity index (χ3v) is 4.17. The van der Waals surface area contributed by atoms with Gasteiger partial charge in [-0.05, 0) is 0 Å². The number of alkyl halides is 3. The molecule has 0 amide bonds. The summed E-state index contributed by atoms with van der Waals surface area (Å²) in [4.78, 5) is 6.36.